The fourth-order valence-electron chi connectivity index (χ4n) is 2.77. The van der Waals surface area contributed by atoms with Gasteiger partial charge in [0.2, 0.25) is 0 Å². The van der Waals surface area contributed by atoms with Gasteiger partial charge in [-0.25, -0.2) is 8.42 Å². The Bertz CT molecular complexity index is 391. The van der Waals surface area contributed by atoms with Crippen molar-refractivity contribution in [2.45, 2.75) is 31.8 Å². The zero-order chi connectivity index (χ0) is 12.5. The molecule has 0 aromatic heterocycles. The predicted molar refractivity (Wildman–Crippen MR) is 69.5 cm³/mol. The average Bonchev–Trinajstić information content (AvgIpc) is 2.58. The van der Waals surface area contributed by atoms with Gasteiger partial charge in [-0.2, -0.15) is 0 Å². The molecule has 0 bridgehead atoms. The highest BCUT2D eigenvalue weighted by molar-refractivity contribution is 7.94. The Morgan fingerprint density at radius 1 is 1.47 bits per heavy atom. The summed E-state index contributed by atoms with van der Waals surface area (Å²) < 4.78 is 22.6. The first-order chi connectivity index (χ1) is 7.96. The van der Waals surface area contributed by atoms with Crippen LogP contribution in [0.2, 0.25) is 0 Å². The Balaban J connectivity index is 1.85. The molecule has 1 fully saturated rings. The summed E-state index contributed by atoms with van der Waals surface area (Å²) in [5, 5.41) is 4.77. The van der Waals surface area contributed by atoms with E-state index in [0.29, 0.717) is 12.0 Å². The van der Waals surface area contributed by atoms with Crippen LogP contribution in [0.3, 0.4) is 0 Å². The van der Waals surface area contributed by atoms with Gasteiger partial charge >= 0.3 is 0 Å². The predicted octanol–water partition coefficient (Wildman–Crippen LogP) is 0.617. The van der Waals surface area contributed by atoms with Crippen LogP contribution < -0.4 is 5.32 Å². The normalized spacial score (nSPS) is 34.9. The van der Waals surface area contributed by atoms with Crippen molar-refractivity contribution in [2.24, 2.45) is 5.92 Å². The molecule has 2 heterocycles. The lowest BCUT2D eigenvalue weighted by Gasteiger charge is -2.34. The van der Waals surface area contributed by atoms with Crippen LogP contribution in [-0.2, 0) is 9.84 Å². The van der Waals surface area contributed by atoms with Gasteiger partial charge in [-0.1, -0.05) is 6.08 Å². The topological polar surface area (TPSA) is 49.4 Å². The molecule has 2 aliphatic rings. The molecule has 98 valence electrons. The van der Waals surface area contributed by atoms with Gasteiger partial charge in [0.05, 0.1) is 5.75 Å². The number of nitrogens with zero attached hydrogens (tertiary/aromatic N) is 1. The smallest absolute Gasteiger partial charge is 0.173 e. The molecule has 2 aliphatic heterocycles. The molecular formula is C12H22N2O2S. The van der Waals surface area contributed by atoms with Gasteiger partial charge in [0.1, 0.15) is 0 Å². The van der Waals surface area contributed by atoms with Crippen molar-refractivity contribution in [3.8, 4) is 0 Å². The van der Waals surface area contributed by atoms with E-state index in [1.807, 2.05) is 0 Å². The van der Waals surface area contributed by atoms with Crippen LogP contribution in [0.1, 0.15) is 19.8 Å². The quantitative estimate of drug-likeness (QED) is 0.806. The van der Waals surface area contributed by atoms with Crippen LogP contribution in [-0.4, -0.2) is 51.3 Å². The van der Waals surface area contributed by atoms with Gasteiger partial charge < -0.3 is 10.2 Å². The lowest BCUT2D eigenvalue weighted by molar-refractivity contribution is 0.177. The standard InChI is InChI=1S/C12H22N2O2S/c1-10(11-4-3-6-14(2)8-11)13-12-5-7-17(15,16)9-12/h5,7,10-13H,3-4,6,8-9H2,1-2H3. The lowest BCUT2D eigenvalue weighted by Crippen LogP contribution is -2.46. The first-order valence-corrected chi connectivity index (χ1v) is 8.03. The number of rotatable bonds is 3. The molecule has 17 heavy (non-hydrogen) atoms. The van der Waals surface area contributed by atoms with E-state index in [2.05, 4.69) is 24.2 Å². The van der Waals surface area contributed by atoms with Crippen LogP contribution >= 0.6 is 0 Å². The number of piperidine rings is 1. The molecule has 0 spiro atoms. The Hall–Kier alpha value is -0.390. The van der Waals surface area contributed by atoms with Crippen molar-refractivity contribution in [1.29, 1.82) is 0 Å². The number of hydrogen-bond donors (Lipinski definition) is 1. The number of nitrogens with one attached hydrogen (secondary N) is 1. The number of sulfone groups is 1. The summed E-state index contributed by atoms with van der Waals surface area (Å²) in [5.41, 5.74) is 0. The monoisotopic (exact) mass is 258 g/mol. The maximum Gasteiger partial charge on any atom is 0.173 e. The van der Waals surface area contributed by atoms with E-state index >= 15 is 0 Å². The Kier molecular flexibility index (Phi) is 3.90. The molecule has 5 heteroatoms. The van der Waals surface area contributed by atoms with E-state index in [0.717, 1.165) is 6.54 Å². The number of hydrogen-bond acceptors (Lipinski definition) is 4. The molecular weight excluding hydrogens is 236 g/mol. The third kappa shape index (κ3) is 3.53. The van der Waals surface area contributed by atoms with E-state index in [1.165, 1.54) is 24.8 Å². The van der Waals surface area contributed by atoms with E-state index < -0.39 is 9.84 Å². The Morgan fingerprint density at radius 3 is 2.82 bits per heavy atom. The second-order valence-corrected chi connectivity index (χ2v) is 7.32. The molecule has 1 N–H and O–H groups in total. The summed E-state index contributed by atoms with van der Waals surface area (Å²) in [6.45, 7) is 4.46. The Morgan fingerprint density at radius 2 is 2.24 bits per heavy atom. The van der Waals surface area contributed by atoms with Crippen LogP contribution in [0.25, 0.3) is 0 Å². The summed E-state index contributed by atoms with van der Waals surface area (Å²) in [4.78, 5) is 2.35. The minimum absolute atomic E-state index is 0.00207. The summed E-state index contributed by atoms with van der Waals surface area (Å²) in [5.74, 6) is 0.852. The molecule has 0 amide bonds. The highest BCUT2D eigenvalue weighted by Gasteiger charge is 2.27. The van der Waals surface area contributed by atoms with E-state index in [1.54, 1.807) is 6.08 Å². The second-order valence-electron chi connectivity index (χ2n) is 5.38. The second kappa shape index (κ2) is 5.08. The van der Waals surface area contributed by atoms with Gasteiger partial charge in [-0.05, 0) is 39.3 Å². The fraction of sp³-hybridized carbons (Fsp3) is 0.833. The third-order valence-electron chi connectivity index (χ3n) is 3.78. The first-order valence-electron chi connectivity index (χ1n) is 6.32. The minimum atomic E-state index is -2.94. The SMILES string of the molecule is CC(NC1C=CS(=O)(=O)C1)C1CCCN(C)C1. The summed E-state index contributed by atoms with van der Waals surface area (Å²) >= 11 is 0. The molecule has 0 saturated carbocycles. The van der Waals surface area contributed by atoms with Crippen molar-refractivity contribution in [3.05, 3.63) is 11.5 Å². The van der Waals surface area contributed by atoms with E-state index in [9.17, 15) is 8.42 Å². The minimum Gasteiger partial charge on any atom is -0.307 e. The maximum atomic E-state index is 11.3. The molecule has 3 atom stereocenters. The largest absolute Gasteiger partial charge is 0.307 e. The van der Waals surface area contributed by atoms with Crippen molar-refractivity contribution in [3.63, 3.8) is 0 Å². The van der Waals surface area contributed by atoms with Gasteiger partial charge in [0.25, 0.3) is 0 Å². The molecule has 1 saturated heterocycles. The average molecular weight is 258 g/mol. The maximum absolute atomic E-state index is 11.3. The highest BCUT2D eigenvalue weighted by Crippen LogP contribution is 2.20. The van der Waals surface area contributed by atoms with Crippen LogP contribution in [0.5, 0.6) is 0 Å². The molecule has 3 unspecified atom stereocenters. The molecule has 0 aromatic carbocycles. The van der Waals surface area contributed by atoms with Crippen LogP contribution in [0.4, 0.5) is 0 Å². The lowest BCUT2D eigenvalue weighted by atomic mass is 9.91. The van der Waals surface area contributed by atoms with E-state index in [-0.39, 0.29) is 11.8 Å². The van der Waals surface area contributed by atoms with Gasteiger partial charge in [0, 0.05) is 24.0 Å². The van der Waals surface area contributed by atoms with Gasteiger partial charge in [-0.15, -0.1) is 0 Å². The highest BCUT2D eigenvalue weighted by atomic mass is 32.2. The van der Waals surface area contributed by atoms with Crippen molar-refractivity contribution in [1.82, 2.24) is 10.2 Å². The third-order valence-corrected chi connectivity index (χ3v) is 5.17. The van der Waals surface area contributed by atoms with Crippen molar-refractivity contribution < 1.29 is 8.42 Å². The Labute approximate surface area is 104 Å². The first kappa shape index (κ1) is 13.1. The fourth-order valence-corrected chi connectivity index (χ4v) is 4.02. The van der Waals surface area contributed by atoms with Crippen LogP contribution in [0, 0.1) is 5.92 Å². The molecule has 0 aromatic rings. The van der Waals surface area contributed by atoms with Crippen molar-refractivity contribution in [2.75, 3.05) is 25.9 Å². The number of likely N-dealkylation sites (tertiary alicyclic amines) is 1. The van der Waals surface area contributed by atoms with E-state index in [4.69, 9.17) is 0 Å². The van der Waals surface area contributed by atoms with Gasteiger partial charge in [0.15, 0.2) is 9.84 Å². The van der Waals surface area contributed by atoms with Gasteiger partial charge in [-0.3, -0.25) is 0 Å². The zero-order valence-electron chi connectivity index (χ0n) is 10.6. The summed E-state index contributed by atoms with van der Waals surface area (Å²) in [6, 6.07) is 0.378. The summed E-state index contributed by atoms with van der Waals surface area (Å²) in [6.07, 6.45) is 4.26. The van der Waals surface area contributed by atoms with Crippen molar-refractivity contribution >= 4 is 9.84 Å². The molecule has 0 radical (unpaired) electrons. The zero-order valence-corrected chi connectivity index (χ0v) is 11.4. The molecule has 4 nitrogen and oxygen atoms in total. The molecule has 2 rings (SSSR count). The molecule has 0 aliphatic carbocycles. The summed E-state index contributed by atoms with van der Waals surface area (Å²) in [7, 11) is -0.784. The van der Waals surface area contributed by atoms with Crippen LogP contribution in [0.15, 0.2) is 11.5 Å².